The molecule has 3 heterocycles. The van der Waals surface area contributed by atoms with E-state index in [1.807, 2.05) is 0 Å². The molecule has 2 aliphatic heterocycles. The molecule has 2 atom stereocenters. The van der Waals surface area contributed by atoms with Gasteiger partial charge in [-0.2, -0.15) is 5.10 Å². The molecule has 0 aliphatic carbocycles. The fraction of sp³-hybridized carbons (Fsp3) is 0.444. The van der Waals surface area contributed by atoms with Crippen LogP contribution >= 0.6 is 0 Å². The van der Waals surface area contributed by atoms with E-state index in [0.29, 0.717) is 30.7 Å². The van der Waals surface area contributed by atoms with E-state index in [1.54, 1.807) is 40.2 Å². The first-order chi connectivity index (χ1) is 11.7. The highest BCUT2D eigenvalue weighted by molar-refractivity contribution is 5.98. The highest BCUT2D eigenvalue weighted by atomic mass is 19.1. The smallest absolute Gasteiger partial charge is 0.259 e. The maximum atomic E-state index is 14.5. The maximum absolute atomic E-state index is 14.5. The van der Waals surface area contributed by atoms with Crippen molar-refractivity contribution >= 4 is 5.91 Å². The quantitative estimate of drug-likeness (QED) is 0.920. The Bertz CT molecular complexity index is 731. The summed E-state index contributed by atoms with van der Waals surface area (Å²) in [6, 6.07) is 6.94. The average Bonchev–Trinajstić information content (AvgIpc) is 3.15. The molecular weight excluding hydrogens is 307 g/mol. The van der Waals surface area contributed by atoms with Crippen molar-refractivity contribution in [2.24, 2.45) is 5.92 Å². The molecule has 0 spiro atoms. The van der Waals surface area contributed by atoms with Crippen LogP contribution in [-0.2, 0) is 0 Å². The lowest BCUT2D eigenvalue weighted by molar-refractivity contribution is 0.0588. The van der Waals surface area contributed by atoms with Gasteiger partial charge in [0.1, 0.15) is 11.4 Å². The van der Waals surface area contributed by atoms with Gasteiger partial charge in [-0.25, -0.2) is 9.07 Å². The molecule has 2 fully saturated rings. The summed E-state index contributed by atoms with van der Waals surface area (Å²) in [5, 5.41) is 7.69. The fourth-order valence-corrected chi connectivity index (χ4v) is 3.91. The Labute approximate surface area is 140 Å². The normalized spacial score (nSPS) is 23.8. The van der Waals surface area contributed by atoms with E-state index in [1.165, 1.54) is 6.07 Å². The summed E-state index contributed by atoms with van der Waals surface area (Å²) in [4.78, 5) is 14.8. The third-order valence-corrected chi connectivity index (χ3v) is 5.14. The Morgan fingerprint density at radius 2 is 2.21 bits per heavy atom. The molecule has 0 saturated carbocycles. The second-order valence-corrected chi connectivity index (χ2v) is 6.59. The van der Waals surface area contributed by atoms with Gasteiger partial charge in [0.05, 0.1) is 5.69 Å². The number of carbonyl (C=O) groups is 1. The summed E-state index contributed by atoms with van der Waals surface area (Å²) in [5.74, 6) is -0.254. The molecule has 126 valence electrons. The predicted molar refractivity (Wildman–Crippen MR) is 88.6 cm³/mol. The van der Waals surface area contributed by atoms with E-state index >= 15 is 0 Å². The zero-order valence-electron chi connectivity index (χ0n) is 13.5. The number of hydrogen-bond acceptors (Lipinski definition) is 3. The maximum Gasteiger partial charge on any atom is 0.259 e. The van der Waals surface area contributed by atoms with Gasteiger partial charge >= 0.3 is 0 Å². The summed E-state index contributed by atoms with van der Waals surface area (Å²) < 4.78 is 16.0. The van der Waals surface area contributed by atoms with Gasteiger partial charge in [0.25, 0.3) is 5.91 Å². The third kappa shape index (κ3) is 2.71. The van der Waals surface area contributed by atoms with Gasteiger partial charge in [-0.3, -0.25) is 4.79 Å². The molecule has 0 bridgehead atoms. The zero-order chi connectivity index (χ0) is 16.5. The number of halogens is 1. The highest BCUT2D eigenvalue weighted by Gasteiger charge is 2.34. The molecule has 1 N–H and O–H groups in total. The SMILES string of the molecule is O=C(c1c(F)cccc1-n1cccn1)N1CC[C@@H]2NCCC[C@@H]2C1. The number of carbonyl (C=O) groups excluding carboxylic acids is 1. The summed E-state index contributed by atoms with van der Waals surface area (Å²) in [7, 11) is 0. The Balaban J connectivity index is 1.63. The molecule has 0 radical (unpaired) electrons. The van der Waals surface area contributed by atoms with Crippen LogP contribution in [0.15, 0.2) is 36.7 Å². The van der Waals surface area contributed by atoms with Gasteiger partial charge in [0.2, 0.25) is 0 Å². The number of likely N-dealkylation sites (tertiary alicyclic amines) is 1. The van der Waals surface area contributed by atoms with Crippen LogP contribution in [0.3, 0.4) is 0 Å². The minimum absolute atomic E-state index is 0.114. The second-order valence-electron chi connectivity index (χ2n) is 6.59. The van der Waals surface area contributed by atoms with Crippen LogP contribution in [-0.4, -0.2) is 46.3 Å². The standard InChI is InChI=1S/C18H21FN4O/c19-14-5-1-6-16(23-10-3-9-21-23)17(14)18(24)22-11-7-15-13(12-22)4-2-8-20-15/h1,3,5-6,9-10,13,15,20H,2,4,7-8,11-12H2/t13-,15+/m1/s1. The lowest BCUT2D eigenvalue weighted by Gasteiger charge is -2.41. The van der Waals surface area contributed by atoms with Gasteiger partial charge in [-0.15, -0.1) is 0 Å². The van der Waals surface area contributed by atoms with Gasteiger partial charge in [-0.05, 0) is 49.9 Å². The van der Waals surface area contributed by atoms with Crippen LogP contribution in [0.2, 0.25) is 0 Å². The number of hydrogen-bond donors (Lipinski definition) is 1. The van der Waals surface area contributed by atoms with E-state index < -0.39 is 5.82 Å². The van der Waals surface area contributed by atoms with E-state index in [9.17, 15) is 9.18 Å². The Kier molecular flexibility index (Phi) is 4.06. The molecule has 24 heavy (non-hydrogen) atoms. The molecule has 1 aromatic carbocycles. The number of benzene rings is 1. The molecule has 1 aromatic heterocycles. The number of aromatic nitrogens is 2. The Morgan fingerprint density at radius 3 is 3.04 bits per heavy atom. The summed E-state index contributed by atoms with van der Waals surface area (Å²) in [6.45, 7) is 2.43. The van der Waals surface area contributed by atoms with Crippen LogP contribution in [0.25, 0.3) is 5.69 Å². The molecule has 1 amide bonds. The molecule has 6 heteroatoms. The largest absolute Gasteiger partial charge is 0.338 e. The van der Waals surface area contributed by atoms with Gasteiger partial charge in [-0.1, -0.05) is 6.07 Å². The van der Waals surface area contributed by atoms with Crippen molar-refractivity contribution in [1.29, 1.82) is 0 Å². The summed E-state index contributed by atoms with van der Waals surface area (Å²) in [5.41, 5.74) is 0.609. The first-order valence-corrected chi connectivity index (χ1v) is 8.55. The van der Waals surface area contributed by atoms with E-state index in [0.717, 1.165) is 25.8 Å². The Morgan fingerprint density at radius 1 is 1.29 bits per heavy atom. The molecule has 0 unspecified atom stereocenters. The number of nitrogens with zero attached hydrogens (tertiary/aromatic N) is 3. The first kappa shape index (κ1) is 15.3. The van der Waals surface area contributed by atoms with E-state index in [2.05, 4.69) is 10.4 Å². The van der Waals surface area contributed by atoms with E-state index in [-0.39, 0.29) is 11.5 Å². The lowest BCUT2D eigenvalue weighted by atomic mass is 9.85. The molecule has 5 nitrogen and oxygen atoms in total. The van der Waals surface area contributed by atoms with Crippen LogP contribution in [0.4, 0.5) is 4.39 Å². The first-order valence-electron chi connectivity index (χ1n) is 8.55. The van der Waals surface area contributed by atoms with Crippen molar-refractivity contribution in [1.82, 2.24) is 20.0 Å². The number of nitrogens with one attached hydrogen (secondary N) is 1. The lowest BCUT2D eigenvalue weighted by Crippen LogP contribution is -2.53. The minimum atomic E-state index is -0.489. The minimum Gasteiger partial charge on any atom is -0.338 e. The average molecular weight is 328 g/mol. The number of piperidine rings is 2. The van der Waals surface area contributed by atoms with Crippen LogP contribution in [0.5, 0.6) is 0 Å². The second kappa shape index (κ2) is 6.36. The van der Waals surface area contributed by atoms with Crippen LogP contribution in [0, 0.1) is 11.7 Å². The summed E-state index contributed by atoms with van der Waals surface area (Å²) >= 11 is 0. The zero-order valence-corrected chi connectivity index (χ0v) is 13.5. The molecule has 4 rings (SSSR count). The third-order valence-electron chi connectivity index (χ3n) is 5.14. The van der Waals surface area contributed by atoms with Crippen LogP contribution < -0.4 is 5.32 Å². The fourth-order valence-electron chi connectivity index (χ4n) is 3.91. The van der Waals surface area contributed by atoms with Gasteiger partial charge < -0.3 is 10.2 Å². The Hall–Kier alpha value is -2.21. The number of amides is 1. The number of rotatable bonds is 2. The monoisotopic (exact) mass is 328 g/mol. The van der Waals surface area contributed by atoms with Gasteiger partial charge in [0, 0.05) is 31.5 Å². The van der Waals surface area contributed by atoms with Gasteiger partial charge in [0.15, 0.2) is 0 Å². The number of fused-ring (bicyclic) bond motifs is 1. The van der Waals surface area contributed by atoms with Crippen molar-refractivity contribution in [2.45, 2.75) is 25.3 Å². The molecule has 2 aromatic rings. The van der Waals surface area contributed by atoms with Crippen molar-refractivity contribution < 1.29 is 9.18 Å². The van der Waals surface area contributed by atoms with Crippen LogP contribution in [0.1, 0.15) is 29.6 Å². The topological polar surface area (TPSA) is 50.2 Å². The summed E-state index contributed by atoms with van der Waals surface area (Å²) in [6.07, 6.45) is 6.55. The van der Waals surface area contributed by atoms with Crippen molar-refractivity contribution in [3.63, 3.8) is 0 Å². The molecular formula is C18H21FN4O. The molecule has 2 aliphatic rings. The predicted octanol–water partition coefficient (Wildman–Crippen LogP) is 2.23. The molecule has 2 saturated heterocycles. The van der Waals surface area contributed by atoms with Crippen molar-refractivity contribution in [3.8, 4) is 5.69 Å². The van der Waals surface area contributed by atoms with E-state index in [4.69, 9.17) is 0 Å². The van der Waals surface area contributed by atoms with Crippen molar-refractivity contribution in [3.05, 3.63) is 48.0 Å². The van der Waals surface area contributed by atoms with Crippen molar-refractivity contribution in [2.75, 3.05) is 19.6 Å². The highest BCUT2D eigenvalue weighted by Crippen LogP contribution is 2.27.